The van der Waals surface area contributed by atoms with E-state index in [4.69, 9.17) is 4.74 Å². The summed E-state index contributed by atoms with van der Waals surface area (Å²) in [5.74, 6) is -1.23. The summed E-state index contributed by atoms with van der Waals surface area (Å²) in [5, 5.41) is 0. The molecule has 0 spiro atoms. The monoisotopic (exact) mass is 391 g/mol. The lowest BCUT2D eigenvalue weighted by atomic mass is 10.2. The van der Waals surface area contributed by atoms with Gasteiger partial charge in [0.1, 0.15) is 12.3 Å². The zero-order chi connectivity index (χ0) is 20.5. The molecule has 2 aromatic heterocycles. The van der Waals surface area contributed by atoms with Crippen molar-refractivity contribution in [3.8, 4) is 0 Å². The molecule has 2 amide bonds. The number of rotatable bonds is 4. The molecule has 1 aliphatic rings. The second kappa shape index (κ2) is 7.31. The van der Waals surface area contributed by atoms with Crippen LogP contribution in [0.3, 0.4) is 0 Å². The first-order chi connectivity index (χ1) is 13.9. The molecular formula is C21H17N3O5. The Bertz CT molecular complexity index is 1200. The predicted octanol–water partition coefficient (Wildman–Crippen LogP) is 2.01. The molecule has 4 rings (SSSR count). The molecule has 3 aromatic rings. The topological polar surface area (TPSA) is 98.0 Å². The maximum Gasteiger partial charge on any atom is 0.338 e. The lowest BCUT2D eigenvalue weighted by Crippen LogP contribution is -2.28. The molecule has 1 aliphatic heterocycles. The summed E-state index contributed by atoms with van der Waals surface area (Å²) in [5.41, 5.74) is 1.83. The number of pyridine rings is 1. The molecule has 0 N–H and O–H groups in total. The van der Waals surface area contributed by atoms with Crippen molar-refractivity contribution in [2.75, 3.05) is 4.90 Å². The SMILES string of the molecule is Cc1cccc2nc(COC(=O)c3cccc(N4C(=O)CCC4=O)c3)cc(=O)n12. The van der Waals surface area contributed by atoms with Gasteiger partial charge in [0.15, 0.2) is 0 Å². The molecule has 8 nitrogen and oxygen atoms in total. The number of hydrogen-bond donors (Lipinski definition) is 0. The number of carbonyl (C=O) groups excluding carboxylic acids is 3. The van der Waals surface area contributed by atoms with Gasteiger partial charge < -0.3 is 4.74 Å². The molecule has 0 unspecified atom stereocenters. The van der Waals surface area contributed by atoms with E-state index in [1.54, 1.807) is 37.3 Å². The van der Waals surface area contributed by atoms with E-state index in [1.165, 1.54) is 22.6 Å². The summed E-state index contributed by atoms with van der Waals surface area (Å²) in [4.78, 5) is 53.9. The van der Waals surface area contributed by atoms with Gasteiger partial charge in [0.2, 0.25) is 11.8 Å². The number of esters is 1. The zero-order valence-corrected chi connectivity index (χ0v) is 15.6. The van der Waals surface area contributed by atoms with Crippen LogP contribution in [0.4, 0.5) is 5.69 Å². The fraction of sp³-hybridized carbons (Fsp3) is 0.190. The lowest BCUT2D eigenvalue weighted by Gasteiger charge is -2.14. The van der Waals surface area contributed by atoms with E-state index in [2.05, 4.69) is 4.98 Å². The summed E-state index contributed by atoms with van der Waals surface area (Å²) in [7, 11) is 0. The predicted molar refractivity (Wildman–Crippen MR) is 103 cm³/mol. The summed E-state index contributed by atoms with van der Waals surface area (Å²) < 4.78 is 6.75. The van der Waals surface area contributed by atoms with Crippen molar-refractivity contribution in [3.63, 3.8) is 0 Å². The molecule has 0 aliphatic carbocycles. The number of aromatic nitrogens is 2. The molecule has 3 heterocycles. The largest absolute Gasteiger partial charge is 0.456 e. The average molecular weight is 391 g/mol. The zero-order valence-electron chi connectivity index (χ0n) is 15.6. The fourth-order valence-corrected chi connectivity index (χ4v) is 3.30. The Balaban J connectivity index is 1.53. The number of fused-ring (bicyclic) bond motifs is 1. The van der Waals surface area contributed by atoms with Gasteiger partial charge in [-0.2, -0.15) is 0 Å². The average Bonchev–Trinajstić information content (AvgIpc) is 3.04. The number of anilines is 1. The number of aryl methyl sites for hydroxylation is 1. The Morgan fingerprint density at radius 2 is 1.76 bits per heavy atom. The number of benzene rings is 1. The third kappa shape index (κ3) is 3.52. The Morgan fingerprint density at radius 3 is 2.52 bits per heavy atom. The summed E-state index contributed by atoms with van der Waals surface area (Å²) in [6.45, 7) is 1.63. The highest BCUT2D eigenvalue weighted by atomic mass is 16.5. The quantitative estimate of drug-likeness (QED) is 0.498. The van der Waals surface area contributed by atoms with Gasteiger partial charge in [-0.1, -0.05) is 12.1 Å². The number of ether oxygens (including phenoxy) is 1. The van der Waals surface area contributed by atoms with E-state index in [-0.39, 0.29) is 42.4 Å². The van der Waals surface area contributed by atoms with Crippen LogP contribution in [-0.4, -0.2) is 27.2 Å². The van der Waals surface area contributed by atoms with E-state index in [1.807, 2.05) is 0 Å². The Hall–Kier alpha value is -3.81. The molecule has 29 heavy (non-hydrogen) atoms. The smallest absolute Gasteiger partial charge is 0.338 e. The van der Waals surface area contributed by atoms with E-state index in [0.29, 0.717) is 17.0 Å². The number of nitrogens with zero attached hydrogens (tertiary/aromatic N) is 3. The molecule has 1 fully saturated rings. The van der Waals surface area contributed by atoms with Crippen LogP contribution in [0, 0.1) is 6.92 Å². The minimum absolute atomic E-state index is 0.163. The van der Waals surface area contributed by atoms with Crippen molar-refractivity contribution in [3.05, 3.63) is 75.8 Å². The first kappa shape index (κ1) is 18.5. The molecule has 1 aromatic carbocycles. The van der Waals surface area contributed by atoms with Gasteiger partial charge in [-0.3, -0.25) is 23.7 Å². The maximum absolute atomic E-state index is 12.4. The Labute approximate surface area is 165 Å². The molecule has 0 atom stereocenters. The number of amides is 2. The molecule has 0 bridgehead atoms. The second-order valence-electron chi connectivity index (χ2n) is 6.70. The fourth-order valence-electron chi connectivity index (χ4n) is 3.30. The van der Waals surface area contributed by atoms with Crippen molar-refractivity contribution >= 4 is 29.1 Å². The molecule has 1 saturated heterocycles. The van der Waals surface area contributed by atoms with Crippen molar-refractivity contribution in [2.45, 2.75) is 26.4 Å². The first-order valence-corrected chi connectivity index (χ1v) is 9.05. The number of hydrogen-bond acceptors (Lipinski definition) is 6. The molecule has 0 radical (unpaired) electrons. The number of imide groups is 1. The van der Waals surface area contributed by atoms with Gasteiger partial charge >= 0.3 is 5.97 Å². The van der Waals surface area contributed by atoms with E-state index in [9.17, 15) is 19.2 Å². The van der Waals surface area contributed by atoms with Gasteiger partial charge in [-0.15, -0.1) is 0 Å². The minimum Gasteiger partial charge on any atom is -0.456 e. The van der Waals surface area contributed by atoms with E-state index in [0.717, 1.165) is 10.6 Å². The third-order valence-corrected chi connectivity index (χ3v) is 4.68. The van der Waals surface area contributed by atoms with Crippen LogP contribution in [0.15, 0.2) is 53.3 Å². The van der Waals surface area contributed by atoms with Gasteiger partial charge in [0, 0.05) is 24.6 Å². The van der Waals surface area contributed by atoms with E-state index < -0.39 is 5.97 Å². The molecule has 8 heteroatoms. The van der Waals surface area contributed by atoms with Gasteiger partial charge in [0.05, 0.1) is 16.9 Å². The van der Waals surface area contributed by atoms with Crippen LogP contribution in [0.5, 0.6) is 0 Å². The molecule has 146 valence electrons. The maximum atomic E-state index is 12.4. The van der Waals surface area contributed by atoms with Crippen molar-refractivity contribution in [1.82, 2.24) is 9.38 Å². The summed E-state index contributed by atoms with van der Waals surface area (Å²) >= 11 is 0. The van der Waals surface area contributed by atoms with Crippen LogP contribution in [-0.2, 0) is 20.9 Å². The Kier molecular flexibility index (Phi) is 4.67. The normalized spacial score (nSPS) is 13.9. The van der Waals surface area contributed by atoms with Gasteiger partial charge in [-0.05, 0) is 37.3 Å². The van der Waals surface area contributed by atoms with Crippen molar-refractivity contribution in [1.29, 1.82) is 0 Å². The minimum atomic E-state index is -0.641. The molecular weight excluding hydrogens is 374 g/mol. The van der Waals surface area contributed by atoms with Crippen molar-refractivity contribution < 1.29 is 19.1 Å². The van der Waals surface area contributed by atoms with Crippen LogP contribution >= 0.6 is 0 Å². The van der Waals surface area contributed by atoms with Crippen LogP contribution in [0.2, 0.25) is 0 Å². The number of carbonyl (C=O) groups is 3. The highest BCUT2D eigenvalue weighted by Crippen LogP contribution is 2.23. The van der Waals surface area contributed by atoms with Gasteiger partial charge in [-0.25, -0.2) is 9.78 Å². The van der Waals surface area contributed by atoms with Crippen LogP contribution < -0.4 is 10.5 Å². The highest BCUT2D eigenvalue weighted by molar-refractivity contribution is 6.20. The standard InChI is InChI=1S/C21H17N3O5/c1-13-4-2-7-17-22-15(11-20(27)23(13)17)12-29-21(28)14-5-3-6-16(10-14)24-18(25)8-9-19(24)26/h2-7,10-11H,8-9,12H2,1H3. The first-order valence-electron chi connectivity index (χ1n) is 9.05. The third-order valence-electron chi connectivity index (χ3n) is 4.68. The Morgan fingerprint density at radius 1 is 1.03 bits per heavy atom. The second-order valence-corrected chi connectivity index (χ2v) is 6.70. The summed E-state index contributed by atoms with van der Waals surface area (Å²) in [6.07, 6.45) is 0.326. The van der Waals surface area contributed by atoms with E-state index >= 15 is 0 Å². The van der Waals surface area contributed by atoms with Crippen LogP contribution in [0.1, 0.15) is 34.6 Å². The molecule has 0 saturated carbocycles. The lowest BCUT2D eigenvalue weighted by molar-refractivity contribution is -0.121. The van der Waals surface area contributed by atoms with Gasteiger partial charge in [0.25, 0.3) is 5.56 Å². The highest BCUT2D eigenvalue weighted by Gasteiger charge is 2.30. The van der Waals surface area contributed by atoms with Crippen LogP contribution in [0.25, 0.3) is 5.65 Å². The van der Waals surface area contributed by atoms with Crippen molar-refractivity contribution in [2.24, 2.45) is 0 Å². The summed E-state index contributed by atoms with van der Waals surface area (Å²) in [6, 6.07) is 12.8.